The van der Waals surface area contributed by atoms with E-state index in [1.807, 2.05) is 19.1 Å². The second-order valence-electron chi connectivity index (χ2n) is 5.05. The Morgan fingerprint density at radius 3 is 2.52 bits per heavy atom. The third kappa shape index (κ3) is 2.04. The second kappa shape index (κ2) is 5.15. The normalized spacial score (nSPS) is 21.8. The van der Waals surface area contributed by atoms with Crippen molar-refractivity contribution in [3.8, 4) is 0 Å². The average molecular weight is 305 g/mol. The number of carbonyl (C=O) groups excluding carboxylic acids is 1. The van der Waals surface area contributed by atoms with Gasteiger partial charge in [0.05, 0.1) is 10.9 Å². The Morgan fingerprint density at radius 2 is 1.86 bits per heavy atom. The molecule has 2 nitrogen and oxygen atoms in total. The number of alkyl halides is 1. The molecule has 1 aliphatic heterocycles. The fraction of sp³-hybridized carbons (Fsp3) is 0.235. The molecule has 0 fully saturated rings. The minimum absolute atomic E-state index is 0.339. The summed E-state index contributed by atoms with van der Waals surface area (Å²) < 4.78 is 18.9. The van der Waals surface area contributed by atoms with Crippen LogP contribution in [0.2, 0.25) is 0 Å². The van der Waals surface area contributed by atoms with E-state index in [9.17, 15) is 9.18 Å². The van der Waals surface area contributed by atoms with Gasteiger partial charge in [0.1, 0.15) is 5.82 Å². The van der Waals surface area contributed by atoms with Gasteiger partial charge in [-0.1, -0.05) is 37.3 Å². The molecule has 3 rings (SSSR count). The van der Waals surface area contributed by atoms with Crippen LogP contribution in [-0.4, -0.2) is 11.3 Å². The molecule has 0 N–H and O–H groups in total. The second-order valence-corrected chi connectivity index (χ2v) is 5.58. The van der Waals surface area contributed by atoms with Gasteiger partial charge in [-0.05, 0) is 24.6 Å². The van der Waals surface area contributed by atoms with E-state index in [0.29, 0.717) is 17.5 Å². The lowest BCUT2D eigenvalue weighted by molar-refractivity contribution is 0.00859. The largest absolute Gasteiger partial charge is 0.444 e. The number of halogens is 2. The lowest BCUT2D eigenvalue weighted by Crippen LogP contribution is -2.37. The SMILES string of the molecule is CCC(Cl)C1(c2ccc(F)cc2)OC(=O)c2ccccc21. The molecule has 0 spiro atoms. The highest BCUT2D eigenvalue weighted by molar-refractivity contribution is 6.22. The Balaban J connectivity index is 2.25. The van der Waals surface area contributed by atoms with Gasteiger partial charge in [-0.15, -0.1) is 11.6 Å². The zero-order chi connectivity index (χ0) is 15.0. The van der Waals surface area contributed by atoms with E-state index in [1.165, 1.54) is 12.1 Å². The maximum Gasteiger partial charge on any atom is 0.339 e. The van der Waals surface area contributed by atoms with Crippen LogP contribution in [0.4, 0.5) is 4.39 Å². The fourth-order valence-corrected chi connectivity index (χ4v) is 3.14. The predicted molar refractivity (Wildman–Crippen MR) is 79.0 cm³/mol. The summed E-state index contributed by atoms with van der Waals surface area (Å²) >= 11 is 6.52. The monoisotopic (exact) mass is 304 g/mol. The molecule has 0 saturated carbocycles. The fourth-order valence-electron chi connectivity index (χ4n) is 2.85. The van der Waals surface area contributed by atoms with Crippen molar-refractivity contribution in [1.29, 1.82) is 0 Å². The molecule has 2 unspecified atom stereocenters. The molecule has 2 atom stereocenters. The number of carbonyl (C=O) groups is 1. The standard InChI is InChI=1S/C17H14ClFO2/c1-2-15(18)17(11-7-9-12(19)10-8-11)14-6-4-3-5-13(14)16(20)21-17/h3-10,15H,2H2,1H3. The van der Waals surface area contributed by atoms with Gasteiger partial charge in [0.2, 0.25) is 0 Å². The summed E-state index contributed by atoms with van der Waals surface area (Å²) in [4.78, 5) is 12.2. The molecule has 108 valence electrons. The Labute approximate surface area is 127 Å². The zero-order valence-corrected chi connectivity index (χ0v) is 12.2. The Kier molecular flexibility index (Phi) is 3.46. The summed E-state index contributed by atoms with van der Waals surface area (Å²) in [5.41, 5.74) is 0.881. The number of hydrogen-bond donors (Lipinski definition) is 0. The van der Waals surface area contributed by atoms with Crippen LogP contribution in [-0.2, 0) is 10.3 Å². The molecule has 0 amide bonds. The van der Waals surface area contributed by atoms with Crippen molar-refractivity contribution in [2.75, 3.05) is 0 Å². The number of hydrogen-bond acceptors (Lipinski definition) is 2. The van der Waals surface area contributed by atoms with Crippen molar-refractivity contribution < 1.29 is 13.9 Å². The molecular weight excluding hydrogens is 291 g/mol. The van der Waals surface area contributed by atoms with Crippen LogP contribution in [0, 0.1) is 5.82 Å². The quantitative estimate of drug-likeness (QED) is 0.625. The van der Waals surface area contributed by atoms with Gasteiger partial charge in [0.25, 0.3) is 0 Å². The summed E-state index contributed by atoms with van der Waals surface area (Å²) in [7, 11) is 0. The van der Waals surface area contributed by atoms with Crippen LogP contribution in [0.25, 0.3) is 0 Å². The highest BCUT2D eigenvalue weighted by Crippen LogP contribution is 2.47. The highest BCUT2D eigenvalue weighted by atomic mass is 35.5. The smallest absolute Gasteiger partial charge is 0.339 e. The molecule has 0 radical (unpaired) electrons. The number of esters is 1. The first-order valence-electron chi connectivity index (χ1n) is 6.82. The van der Waals surface area contributed by atoms with Crippen LogP contribution >= 0.6 is 11.6 Å². The minimum atomic E-state index is -1.06. The van der Waals surface area contributed by atoms with Gasteiger partial charge < -0.3 is 4.74 Å². The molecule has 1 heterocycles. The van der Waals surface area contributed by atoms with E-state index in [4.69, 9.17) is 16.3 Å². The van der Waals surface area contributed by atoms with Crippen molar-refractivity contribution in [3.63, 3.8) is 0 Å². The van der Waals surface area contributed by atoms with E-state index in [0.717, 1.165) is 5.56 Å². The Morgan fingerprint density at radius 1 is 1.19 bits per heavy atom. The lowest BCUT2D eigenvalue weighted by Gasteiger charge is -2.33. The van der Waals surface area contributed by atoms with Crippen LogP contribution in [0.3, 0.4) is 0 Å². The third-order valence-electron chi connectivity index (χ3n) is 3.87. The molecule has 4 heteroatoms. The molecular formula is C17H14ClFO2. The molecule has 2 aromatic rings. The molecule has 1 aliphatic rings. The summed E-state index contributed by atoms with van der Waals surface area (Å²) in [5, 5.41) is -0.435. The zero-order valence-electron chi connectivity index (χ0n) is 11.5. The maximum absolute atomic E-state index is 13.2. The third-order valence-corrected chi connectivity index (χ3v) is 4.49. The van der Waals surface area contributed by atoms with E-state index < -0.39 is 16.9 Å². The number of ether oxygens (including phenoxy) is 1. The first kappa shape index (κ1) is 14.1. The first-order valence-corrected chi connectivity index (χ1v) is 7.26. The van der Waals surface area contributed by atoms with Gasteiger partial charge in [-0.3, -0.25) is 0 Å². The number of fused-ring (bicyclic) bond motifs is 1. The van der Waals surface area contributed by atoms with Gasteiger partial charge in [-0.2, -0.15) is 0 Å². The van der Waals surface area contributed by atoms with Gasteiger partial charge in [0, 0.05) is 11.1 Å². The first-order chi connectivity index (χ1) is 10.1. The van der Waals surface area contributed by atoms with Crippen molar-refractivity contribution in [3.05, 3.63) is 71.0 Å². The molecule has 0 aromatic heterocycles. The van der Waals surface area contributed by atoms with E-state index in [1.54, 1.807) is 24.3 Å². The Hall–Kier alpha value is -1.87. The summed E-state index contributed by atoms with van der Waals surface area (Å²) in [6, 6.07) is 13.1. The van der Waals surface area contributed by atoms with Crippen LogP contribution in [0.5, 0.6) is 0 Å². The van der Waals surface area contributed by atoms with E-state index in [2.05, 4.69) is 0 Å². The topological polar surface area (TPSA) is 26.3 Å². The number of benzene rings is 2. The summed E-state index contributed by atoms with van der Waals surface area (Å²) in [6.07, 6.45) is 0.612. The van der Waals surface area contributed by atoms with E-state index in [-0.39, 0.29) is 5.82 Å². The van der Waals surface area contributed by atoms with Gasteiger partial charge in [-0.25, -0.2) is 9.18 Å². The van der Waals surface area contributed by atoms with Crippen molar-refractivity contribution in [2.45, 2.75) is 24.3 Å². The number of cyclic esters (lactones) is 1. The van der Waals surface area contributed by atoms with Gasteiger partial charge in [0.15, 0.2) is 5.60 Å². The lowest BCUT2D eigenvalue weighted by atomic mass is 9.82. The van der Waals surface area contributed by atoms with Crippen molar-refractivity contribution in [2.24, 2.45) is 0 Å². The van der Waals surface area contributed by atoms with Crippen LogP contribution < -0.4 is 0 Å². The van der Waals surface area contributed by atoms with Crippen LogP contribution in [0.1, 0.15) is 34.8 Å². The highest BCUT2D eigenvalue weighted by Gasteiger charge is 2.51. The minimum Gasteiger partial charge on any atom is -0.444 e. The Bertz CT molecular complexity index is 683. The van der Waals surface area contributed by atoms with E-state index >= 15 is 0 Å². The summed E-state index contributed by atoms with van der Waals surface area (Å²) in [5.74, 6) is -0.733. The van der Waals surface area contributed by atoms with Gasteiger partial charge >= 0.3 is 5.97 Å². The molecule has 0 bridgehead atoms. The maximum atomic E-state index is 13.2. The molecule has 2 aromatic carbocycles. The molecule has 0 saturated heterocycles. The molecule has 0 aliphatic carbocycles. The predicted octanol–water partition coefficient (Wildman–Crippen LogP) is 4.26. The number of rotatable bonds is 3. The molecule has 21 heavy (non-hydrogen) atoms. The van der Waals surface area contributed by atoms with Crippen molar-refractivity contribution >= 4 is 17.6 Å². The van der Waals surface area contributed by atoms with Crippen molar-refractivity contribution in [1.82, 2.24) is 0 Å². The average Bonchev–Trinajstić information content (AvgIpc) is 2.82. The summed E-state index contributed by atoms with van der Waals surface area (Å²) in [6.45, 7) is 1.93. The van der Waals surface area contributed by atoms with Crippen LogP contribution in [0.15, 0.2) is 48.5 Å².